The molecule has 1 N–H and O–H groups in total. The maximum absolute atomic E-state index is 11.8. The van der Waals surface area contributed by atoms with Gasteiger partial charge in [-0.05, 0) is 35.9 Å². The van der Waals surface area contributed by atoms with E-state index in [0.717, 1.165) is 0 Å². The van der Waals surface area contributed by atoms with Gasteiger partial charge in [-0.1, -0.05) is 17.7 Å². The first-order valence-corrected chi connectivity index (χ1v) is 6.27. The van der Waals surface area contributed by atoms with Crippen molar-refractivity contribution in [2.24, 2.45) is 4.99 Å². The molecule has 0 aliphatic rings. The van der Waals surface area contributed by atoms with E-state index >= 15 is 0 Å². The summed E-state index contributed by atoms with van der Waals surface area (Å²) >= 11 is 8.92. The Balaban J connectivity index is 3.17. The largest absolute Gasteiger partial charge is 0.506 e. The van der Waals surface area contributed by atoms with Crippen LogP contribution in [-0.4, -0.2) is 14.3 Å². The molecule has 0 spiro atoms. The van der Waals surface area contributed by atoms with Crippen molar-refractivity contribution < 1.29 is 5.11 Å². The molecule has 0 aromatic carbocycles. The highest BCUT2D eigenvalue weighted by molar-refractivity contribution is 9.18. The molecule has 0 fully saturated rings. The zero-order chi connectivity index (χ0) is 13.7. The number of hydrogen-bond acceptors (Lipinski definition) is 3. The summed E-state index contributed by atoms with van der Waals surface area (Å²) in [6.07, 6.45) is 6.54. The molecule has 1 aromatic heterocycles. The van der Waals surface area contributed by atoms with Gasteiger partial charge in [-0.3, -0.25) is 9.36 Å². The molecule has 1 heterocycles. The lowest BCUT2D eigenvalue weighted by Crippen LogP contribution is -2.18. The Kier molecular flexibility index (Phi) is 5.37. The highest BCUT2D eigenvalue weighted by atomic mass is 79.9. The predicted octanol–water partition coefficient (Wildman–Crippen LogP) is 3.31. The molecule has 0 radical (unpaired) electrons. The Morgan fingerprint density at radius 1 is 1.61 bits per heavy atom. The maximum atomic E-state index is 11.8. The molecule has 1 aromatic rings. The number of aryl methyl sites for hydroxylation is 1. The third-order valence-corrected chi connectivity index (χ3v) is 2.89. The molecule has 0 aliphatic carbocycles. The van der Waals surface area contributed by atoms with E-state index in [1.165, 1.54) is 16.8 Å². The number of pyridine rings is 1. The summed E-state index contributed by atoms with van der Waals surface area (Å²) in [7, 11) is 0. The minimum Gasteiger partial charge on any atom is -0.506 e. The number of aromatic nitrogens is 1. The van der Waals surface area contributed by atoms with Crippen molar-refractivity contribution in [2.45, 2.75) is 13.8 Å². The summed E-state index contributed by atoms with van der Waals surface area (Å²) in [6, 6.07) is 1.42. The van der Waals surface area contributed by atoms with E-state index < -0.39 is 5.56 Å². The van der Waals surface area contributed by atoms with Gasteiger partial charge in [0.15, 0.2) is 0 Å². The SMILES string of the molecule is C/C=C/N=C(Br)/C=C/n1c(C)cc(O)c(Cl)c1=O. The number of allylic oxidation sites excluding steroid dienone is 2. The van der Waals surface area contributed by atoms with Crippen LogP contribution >= 0.6 is 27.5 Å². The molecule has 6 heteroatoms. The summed E-state index contributed by atoms with van der Waals surface area (Å²) in [5.74, 6) is -0.217. The fourth-order valence-electron chi connectivity index (χ4n) is 1.22. The van der Waals surface area contributed by atoms with Gasteiger partial charge in [0.1, 0.15) is 15.4 Å². The normalized spacial score (nSPS) is 12.8. The number of nitrogens with zero attached hydrogens (tertiary/aromatic N) is 2. The predicted molar refractivity (Wildman–Crippen MR) is 78.6 cm³/mol. The van der Waals surface area contributed by atoms with E-state index in [4.69, 9.17) is 11.6 Å². The van der Waals surface area contributed by atoms with Crippen LogP contribution < -0.4 is 5.56 Å². The van der Waals surface area contributed by atoms with E-state index in [-0.39, 0.29) is 10.8 Å². The molecule has 0 unspecified atom stereocenters. The number of hydrogen-bond donors (Lipinski definition) is 1. The summed E-state index contributed by atoms with van der Waals surface area (Å²) in [4.78, 5) is 15.8. The van der Waals surface area contributed by atoms with Crippen LogP contribution in [0.15, 0.2) is 34.2 Å². The lowest BCUT2D eigenvalue weighted by molar-refractivity contribution is 0.472. The van der Waals surface area contributed by atoms with Crippen LogP contribution in [0.5, 0.6) is 5.75 Å². The molecule has 1 rings (SSSR count). The van der Waals surface area contributed by atoms with Crippen LogP contribution in [0.3, 0.4) is 0 Å². The smallest absolute Gasteiger partial charge is 0.277 e. The Bertz CT molecular complexity index is 588. The van der Waals surface area contributed by atoms with Gasteiger partial charge in [-0.15, -0.1) is 0 Å². The maximum Gasteiger partial charge on any atom is 0.277 e. The zero-order valence-electron chi connectivity index (χ0n) is 9.89. The second-order valence-electron chi connectivity index (χ2n) is 3.41. The van der Waals surface area contributed by atoms with Crippen LogP contribution in [0.1, 0.15) is 12.6 Å². The number of halogens is 2. The van der Waals surface area contributed by atoms with Crippen molar-refractivity contribution in [3.8, 4) is 5.75 Å². The molecule has 0 bridgehead atoms. The second-order valence-corrected chi connectivity index (χ2v) is 4.60. The van der Waals surface area contributed by atoms with Gasteiger partial charge < -0.3 is 5.11 Å². The van der Waals surface area contributed by atoms with Crippen LogP contribution in [0.2, 0.25) is 5.02 Å². The third kappa shape index (κ3) is 3.58. The van der Waals surface area contributed by atoms with E-state index in [0.29, 0.717) is 10.3 Å². The van der Waals surface area contributed by atoms with E-state index in [1.54, 1.807) is 25.3 Å². The van der Waals surface area contributed by atoms with Crippen LogP contribution in [0, 0.1) is 6.92 Å². The zero-order valence-corrected chi connectivity index (χ0v) is 12.2. The Morgan fingerprint density at radius 2 is 2.28 bits per heavy atom. The van der Waals surface area contributed by atoms with Crippen LogP contribution in [0.4, 0.5) is 0 Å². The Labute approximate surface area is 118 Å². The van der Waals surface area contributed by atoms with Crippen molar-refractivity contribution in [1.82, 2.24) is 4.57 Å². The van der Waals surface area contributed by atoms with Gasteiger partial charge in [-0.2, -0.15) is 0 Å². The van der Waals surface area contributed by atoms with Crippen molar-refractivity contribution in [3.63, 3.8) is 0 Å². The van der Waals surface area contributed by atoms with Crippen molar-refractivity contribution >= 4 is 38.4 Å². The summed E-state index contributed by atoms with van der Waals surface area (Å²) in [5, 5.41) is 9.19. The Hall–Kier alpha value is -1.33. The van der Waals surface area contributed by atoms with Crippen LogP contribution in [-0.2, 0) is 0 Å². The highest BCUT2D eigenvalue weighted by Crippen LogP contribution is 2.19. The molecule has 0 saturated heterocycles. The van der Waals surface area contributed by atoms with E-state index in [2.05, 4.69) is 20.9 Å². The molecular weight excluding hydrogens is 320 g/mol. The van der Waals surface area contributed by atoms with Gasteiger partial charge in [-0.25, -0.2) is 4.99 Å². The highest BCUT2D eigenvalue weighted by Gasteiger charge is 2.08. The van der Waals surface area contributed by atoms with E-state index in [1.807, 2.05) is 6.92 Å². The summed E-state index contributed by atoms with van der Waals surface area (Å²) < 4.78 is 1.89. The van der Waals surface area contributed by atoms with Gasteiger partial charge in [0.25, 0.3) is 5.56 Å². The van der Waals surface area contributed by atoms with E-state index in [9.17, 15) is 9.90 Å². The average molecular weight is 332 g/mol. The minimum atomic E-state index is -0.475. The molecule has 0 amide bonds. The molecule has 0 atom stereocenters. The van der Waals surface area contributed by atoms with Crippen molar-refractivity contribution in [1.29, 1.82) is 0 Å². The molecule has 96 valence electrons. The molecular formula is C12H12BrClN2O2. The molecule has 4 nitrogen and oxygen atoms in total. The molecule has 18 heavy (non-hydrogen) atoms. The van der Waals surface area contributed by atoms with Crippen molar-refractivity contribution in [2.75, 3.05) is 0 Å². The number of aromatic hydroxyl groups is 1. The lowest BCUT2D eigenvalue weighted by Gasteiger charge is -2.05. The number of aliphatic imine (C=N–C) groups is 1. The monoisotopic (exact) mass is 330 g/mol. The fourth-order valence-corrected chi connectivity index (χ4v) is 1.60. The summed E-state index contributed by atoms with van der Waals surface area (Å²) in [5.41, 5.74) is 0.0984. The molecule has 0 saturated carbocycles. The second kappa shape index (κ2) is 6.56. The quantitative estimate of drug-likeness (QED) is 0.864. The standard InChI is InChI=1S/C12H12BrClN2O2/c1-3-5-15-10(13)4-6-16-8(2)7-9(17)11(14)12(16)18/h3-7,17H,1-2H3/b5-3+,6-4+,15-10-. The van der Waals surface area contributed by atoms with Gasteiger partial charge in [0, 0.05) is 24.2 Å². The Morgan fingerprint density at radius 3 is 2.89 bits per heavy atom. The first-order valence-electron chi connectivity index (χ1n) is 5.10. The lowest BCUT2D eigenvalue weighted by atomic mass is 10.3. The van der Waals surface area contributed by atoms with Gasteiger partial charge in [0.05, 0.1) is 0 Å². The average Bonchev–Trinajstić information content (AvgIpc) is 2.33. The van der Waals surface area contributed by atoms with Gasteiger partial charge in [0.2, 0.25) is 0 Å². The minimum absolute atomic E-state index is 0.202. The van der Waals surface area contributed by atoms with Crippen LogP contribution in [0.25, 0.3) is 6.20 Å². The number of rotatable bonds is 3. The van der Waals surface area contributed by atoms with Crippen molar-refractivity contribution in [3.05, 3.63) is 45.5 Å². The molecule has 0 aliphatic heterocycles. The fraction of sp³-hybridized carbons (Fsp3) is 0.167. The summed E-state index contributed by atoms with van der Waals surface area (Å²) in [6.45, 7) is 3.54. The first kappa shape index (κ1) is 14.7. The van der Waals surface area contributed by atoms with Gasteiger partial charge >= 0.3 is 0 Å². The topological polar surface area (TPSA) is 54.6 Å². The third-order valence-electron chi connectivity index (χ3n) is 2.07. The first-order chi connectivity index (χ1) is 8.47.